The topological polar surface area (TPSA) is 206 Å². The number of carboxylic acid groups (broad SMARTS) is 1. The van der Waals surface area contributed by atoms with Crippen LogP contribution in [0.15, 0.2) is 59.0 Å². The lowest BCUT2D eigenvalue weighted by Crippen LogP contribution is -2.29. The van der Waals surface area contributed by atoms with E-state index in [1.807, 2.05) is 29.6 Å². The maximum atomic E-state index is 12.5. The molecule has 7 N–H and O–H groups in total. The third-order valence-corrected chi connectivity index (χ3v) is 10.1. The molecule has 0 radical (unpaired) electrons. The van der Waals surface area contributed by atoms with Crippen LogP contribution >= 0.6 is 45.3 Å². The first-order valence-electron chi connectivity index (χ1n) is 11.3. The van der Waals surface area contributed by atoms with E-state index in [4.69, 9.17) is 17.1 Å². The lowest BCUT2D eigenvalue weighted by atomic mass is 10.1. The molecule has 16 heteroatoms. The molecule has 40 heavy (non-hydrogen) atoms. The highest BCUT2D eigenvalue weighted by Gasteiger charge is 2.20. The van der Waals surface area contributed by atoms with Gasteiger partial charge in [0.15, 0.2) is 0 Å². The van der Waals surface area contributed by atoms with E-state index in [-0.39, 0.29) is 25.3 Å². The summed E-state index contributed by atoms with van der Waals surface area (Å²) < 4.78 is 0. The first-order chi connectivity index (χ1) is 19.3. The summed E-state index contributed by atoms with van der Waals surface area (Å²) in [6.45, 7) is 0.129. The molecule has 0 saturated heterocycles. The zero-order chi connectivity index (χ0) is 28.6. The predicted molar refractivity (Wildman–Crippen MR) is 156 cm³/mol. The molecule has 0 saturated carbocycles. The molecule has 0 spiro atoms. The number of nitrogens with two attached hydrogens (primary N) is 2. The van der Waals surface area contributed by atoms with Crippen LogP contribution in [0.1, 0.15) is 20.8 Å². The number of carboxylic acids is 1. The molecule has 4 aromatic heterocycles. The summed E-state index contributed by atoms with van der Waals surface area (Å²) in [6.07, 6.45) is 1.17. The van der Waals surface area contributed by atoms with Crippen LogP contribution in [0.4, 0.5) is 0 Å². The molecule has 0 fully saturated rings. The van der Waals surface area contributed by atoms with Crippen molar-refractivity contribution in [1.29, 1.82) is 0 Å². The molecule has 0 aliphatic heterocycles. The van der Waals surface area contributed by atoms with Gasteiger partial charge in [0.2, 0.25) is 0 Å². The van der Waals surface area contributed by atoms with Crippen molar-refractivity contribution in [3.8, 4) is 29.3 Å². The molecule has 0 aliphatic carbocycles. The first kappa shape index (κ1) is 28.8. The summed E-state index contributed by atoms with van der Waals surface area (Å²) in [6, 6.07) is 11.0. The second-order valence-electron chi connectivity index (χ2n) is 8.02. The minimum absolute atomic E-state index is 0.0560. The van der Waals surface area contributed by atoms with Gasteiger partial charge in [0, 0.05) is 46.1 Å². The Balaban J connectivity index is 1.58. The summed E-state index contributed by atoms with van der Waals surface area (Å²) in [5.74, 6) is 3.27. The molecule has 12 nitrogen and oxygen atoms in total. The van der Waals surface area contributed by atoms with Crippen LogP contribution in [0.2, 0.25) is 0 Å². The maximum absolute atomic E-state index is 12.5. The SMILES string of the molecule is [N-]=[N+]=NOC(=O)Cc1ccsc1-c1ccc(-c2sc(-c3ccc(C(=O)NC/C(N)=C/NN)s3)cc2CC(=O)O)s1. The lowest BCUT2D eigenvalue weighted by Gasteiger charge is -2.03. The van der Waals surface area contributed by atoms with E-state index in [2.05, 4.69) is 25.8 Å². The summed E-state index contributed by atoms with van der Waals surface area (Å²) in [4.78, 5) is 48.6. The van der Waals surface area contributed by atoms with Crippen LogP contribution in [0.3, 0.4) is 0 Å². The van der Waals surface area contributed by atoms with Crippen molar-refractivity contribution in [2.24, 2.45) is 16.9 Å². The molecular weight excluding hydrogens is 595 g/mol. The molecule has 1 amide bonds. The third kappa shape index (κ3) is 7.06. The smallest absolute Gasteiger partial charge is 0.322 e. The number of aliphatic carboxylic acids is 1. The zero-order valence-corrected chi connectivity index (χ0v) is 23.7. The van der Waals surface area contributed by atoms with E-state index in [0.29, 0.717) is 16.1 Å². The second kappa shape index (κ2) is 13.3. The Morgan fingerprint density at radius 2 is 1.75 bits per heavy atom. The van der Waals surface area contributed by atoms with Gasteiger partial charge in [-0.1, -0.05) is 0 Å². The lowest BCUT2D eigenvalue weighted by molar-refractivity contribution is -0.143. The number of thiophene rings is 4. The first-order valence-corrected chi connectivity index (χ1v) is 14.7. The average molecular weight is 616 g/mol. The third-order valence-electron chi connectivity index (χ3n) is 5.26. The minimum Gasteiger partial charge on any atom is -0.481 e. The van der Waals surface area contributed by atoms with Crippen molar-refractivity contribution < 1.29 is 24.3 Å². The molecule has 4 heterocycles. The van der Waals surface area contributed by atoms with Crippen LogP contribution in [0, 0.1) is 0 Å². The average Bonchev–Trinajstić information content (AvgIpc) is 3.72. The monoisotopic (exact) mass is 615 g/mol. The number of hydrogen-bond donors (Lipinski definition) is 5. The van der Waals surface area contributed by atoms with Crippen LogP contribution in [-0.4, -0.2) is 29.5 Å². The zero-order valence-electron chi connectivity index (χ0n) is 20.4. The molecular formula is C24H21N7O5S4. The van der Waals surface area contributed by atoms with Crippen LogP contribution in [0.5, 0.6) is 0 Å². The van der Waals surface area contributed by atoms with Gasteiger partial charge in [-0.15, -0.1) is 45.3 Å². The van der Waals surface area contributed by atoms with E-state index in [1.165, 1.54) is 51.5 Å². The van der Waals surface area contributed by atoms with Crippen molar-refractivity contribution in [2.75, 3.05) is 6.54 Å². The number of hydrazine groups is 1. The fourth-order valence-corrected chi connectivity index (χ4v) is 8.02. The molecule has 4 aromatic rings. The Morgan fingerprint density at radius 3 is 2.48 bits per heavy atom. The number of amides is 1. The Hall–Kier alpha value is -4.18. The molecule has 0 aliphatic rings. The van der Waals surface area contributed by atoms with E-state index >= 15 is 0 Å². The highest BCUT2D eigenvalue weighted by Crippen LogP contribution is 2.45. The van der Waals surface area contributed by atoms with Gasteiger partial charge in [-0.3, -0.25) is 20.2 Å². The molecule has 0 atom stereocenters. The highest BCUT2D eigenvalue weighted by atomic mass is 32.1. The van der Waals surface area contributed by atoms with Gasteiger partial charge < -0.3 is 26.4 Å². The fourth-order valence-electron chi connectivity index (χ4n) is 3.60. The van der Waals surface area contributed by atoms with Crippen LogP contribution in [0.25, 0.3) is 39.7 Å². The van der Waals surface area contributed by atoms with Gasteiger partial charge in [0.05, 0.1) is 24.3 Å². The van der Waals surface area contributed by atoms with Crippen molar-refractivity contribution in [1.82, 2.24) is 10.7 Å². The van der Waals surface area contributed by atoms with E-state index in [0.717, 1.165) is 34.8 Å². The van der Waals surface area contributed by atoms with Gasteiger partial charge in [-0.2, -0.15) is 0 Å². The van der Waals surface area contributed by atoms with Crippen LogP contribution in [-0.2, 0) is 27.3 Å². The van der Waals surface area contributed by atoms with Gasteiger partial charge in [0.1, 0.15) is 5.28 Å². The summed E-state index contributed by atoms with van der Waals surface area (Å²) in [5, 5.41) is 17.0. The minimum atomic E-state index is -0.953. The molecule has 0 bridgehead atoms. The van der Waals surface area contributed by atoms with Gasteiger partial charge >= 0.3 is 11.9 Å². The summed E-state index contributed by atoms with van der Waals surface area (Å²) >= 11 is 5.68. The second-order valence-corrected chi connectivity index (χ2v) is 12.2. The number of nitrogens with one attached hydrogen (secondary N) is 2. The molecule has 0 aromatic carbocycles. The number of carbonyl (C=O) groups excluding carboxylic acids is 2. The van der Waals surface area contributed by atoms with Crippen molar-refractivity contribution in [2.45, 2.75) is 12.8 Å². The Labute approximate surface area is 243 Å². The number of nitrogens with zero attached hydrogens (tertiary/aromatic N) is 3. The van der Waals surface area contributed by atoms with Crippen molar-refractivity contribution in [3.63, 3.8) is 0 Å². The van der Waals surface area contributed by atoms with E-state index < -0.39 is 11.9 Å². The van der Waals surface area contributed by atoms with E-state index in [9.17, 15) is 19.5 Å². The van der Waals surface area contributed by atoms with Gasteiger partial charge in [-0.25, -0.2) is 0 Å². The standard InChI is InChI=1S/C24H21N7O5S4/c25-14(11-29-26)10-28-24(35)18-4-1-15(38-18)19-7-13(8-20(32)33)23(40-19)17-3-2-16(39-17)22-12(5-6-37-22)9-21(34)36-31-30-27/h1-7,11,29H,8-10,25-26H2,(H,28,35)(H,32,33)/b14-11-. The fraction of sp³-hybridized carbons (Fsp3) is 0.125. The quantitative estimate of drug-likeness (QED) is 0.0488. The molecule has 4 rings (SSSR count). The number of hydrogen-bond acceptors (Lipinski definition) is 12. The molecule has 0 unspecified atom stereocenters. The maximum Gasteiger partial charge on any atom is 0.322 e. The number of azide groups is 1. The Bertz CT molecular complexity index is 1630. The number of carbonyl (C=O) groups is 3. The number of rotatable bonds is 12. The van der Waals surface area contributed by atoms with Gasteiger partial charge in [0.25, 0.3) is 5.91 Å². The normalized spacial score (nSPS) is 11.1. The summed E-state index contributed by atoms with van der Waals surface area (Å²) in [5.41, 5.74) is 18.1. The van der Waals surface area contributed by atoms with Crippen LogP contribution < -0.4 is 22.3 Å². The Morgan fingerprint density at radius 1 is 1.00 bits per heavy atom. The van der Waals surface area contributed by atoms with Crippen molar-refractivity contribution >= 4 is 63.2 Å². The predicted octanol–water partition coefficient (Wildman–Crippen LogP) is 4.86. The molecule has 206 valence electrons. The largest absolute Gasteiger partial charge is 0.481 e. The van der Waals surface area contributed by atoms with E-state index in [1.54, 1.807) is 12.1 Å². The van der Waals surface area contributed by atoms with Gasteiger partial charge in [-0.05, 0) is 58.4 Å². The van der Waals surface area contributed by atoms with Crippen molar-refractivity contribution in [3.05, 3.63) is 80.1 Å². The Kier molecular flexibility index (Phi) is 9.55. The highest BCUT2D eigenvalue weighted by molar-refractivity contribution is 7.28. The summed E-state index contributed by atoms with van der Waals surface area (Å²) in [7, 11) is 0.